The molecule has 2 saturated heterocycles. The maximum atomic E-state index is 14.0. The quantitative estimate of drug-likeness (QED) is 0.633. The van der Waals surface area contributed by atoms with Crippen LogP contribution in [0.2, 0.25) is 0 Å². The third kappa shape index (κ3) is 4.14. The summed E-state index contributed by atoms with van der Waals surface area (Å²) >= 11 is 0. The Hall–Kier alpha value is -2.15. The summed E-state index contributed by atoms with van der Waals surface area (Å²) in [5.74, 6) is 1.06. The molecule has 1 aromatic carbocycles. The molecule has 0 spiro atoms. The lowest BCUT2D eigenvalue weighted by Gasteiger charge is -2.37. The van der Waals surface area contributed by atoms with E-state index in [0.29, 0.717) is 26.2 Å². The van der Waals surface area contributed by atoms with Crippen molar-refractivity contribution in [3.05, 3.63) is 35.6 Å². The summed E-state index contributed by atoms with van der Waals surface area (Å²) in [7, 11) is 0. The summed E-state index contributed by atoms with van der Waals surface area (Å²) in [5, 5.41) is 3.52. The number of ether oxygens (including phenoxy) is 1. The van der Waals surface area contributed by atoms with Crippen molar-refractivity contribution < 1.29 is 13.9 Å². The van der Waals surface area contributed by atoms with Gasteiger partial charge in [-0.25, -0.2) is 4.39 Å². The number of nitrogens with zero attached hydrogens (tertiary/aromatic N) is 3. The van der Waals surface area contributed by atoms with E-state index in [1.807, 2.05) is 24.0 Å². The lowest BCUT2D eigenvalue weighted by atomic mass is 10.1. The lowest BCUT2D eigenvalue weighted by Crippen LogP contribution is -2.55. The summed E-state index contributed by atoms with van der Waals surface area (Å²) in [5.41, 5.74) is 0.780. The average Bonchev–Trinajstić information content (AvgIpc) is 3.25. The fourth-order valence-electron chi connectivity index (χ4n) is 4.14. The number of amides is 1. The van der Waals surface area contributed by atoms with Crippen molar-refractivity contribution in [1.29, 1.82) is 0 Å². The Kier molecular flexibility index (Phi) is 5.80. The number of piperazine rings is 1. The molecule has 2 heterocycles. The van der Waals surface area contributed by atoms with Crippen molar-refractivity contribution in [2.24, 2.45) is 4.99 Å². The largest absolute Gasteiger partial charge is 0.368 e. The van der Waals surface area contributed by atoms with Crippen LogP contribution in [0.25, 0.3) is 0 Å². The lowest BCUT2D eigenvalue weighted by molar-refractivity contribution is -0.142. The summed E-state index contributed by atoms with van der Waals surface area (Å²) in [4.78, 5) is 21.3. The number of carbonyl (C=O) groups is 1. The summed E-state index contributed by atoms with van der Waals surface area (Å²) in [6, 6.07) is 7.22. The Labute approximate surface area is 165 Å². The molecule has 1 aliphatic carbocycles. The van der Waals surface area contributed by atoms with Crippen LogP contribution in [0.3, 0.4) is 0 Å². The Morgan fingerprint density at radius 2 is 2.00 bits per heavy atom. The molecule has 3 aliphatic rings. The van der Waals surface area contributed by atoms with Crippen molar-refractivity contribution in [3.8, 4) is 0 Å². The summed E-state index contributed by atoms with van der Waals surface area (Å²) in [6.07, 6.45) is 2.48. The Morgan fingerprint density at radius 1 is 1.25 bits per heavy atom. The number of rotatable bonds is 4. The minimum Gasteiger partial charge on any atom is -0.368 e. The van der Waals surface area contributed by atoms with Crippen molar-refractivity contribution >= 4 is 11.9 Å². The summed E-state index contributed by atoms with van der Waals surface area (Å²) < 4.78 is 19.6. The van der Waals surface area contributed by atoms with Crippen LogP contribution >= 0.6 is 0 Å². The van der Waals surface area contributed by atoms with Gasteiger partial charge in [0, 0.05) is 51.3 Å². The van der Waals surface area contributed by atoms with Gasteiger partial charge in [0.15, 0.2) is 5.96 Å². The Balaban J connectivity index is 1.32. The van der Waals surface area contributed by atoms with Crippen LogP contribution in [0.15, 0.2) is 29.3 Å². The number of guanidine groups is 1. The van der Waals surface area contributed by atoms with Crippen molar-refractivity contribution in [3.63, 3.8) is 0 Å². The number of benzene rings is 1. The molecule has 3 atom stereocenters. The highest BCUT2D eigenvalue weighted by Crippen LogP contribution is 2.41. The molecular formula is C21H29FN4O2. The van der Waals surface area contributed by atoms with E-state index in [4.69, 9.17) is 4.74 Å². The van der Waals surface area contributed by atoms with Crippen LogP contribution in [-0.4, -0.2) is 73.1 Å². The zero-order valence-electron chi connectivity index (χ0n) is 16.4. The predicted octanol–water partition coefficient (Wildman–Crippen LogP) is 1.97. The maximum absolute atomic E-state index is 14.0. The molecule has 0 aromatic heterocycles. The number of hydrogen-bond donors (Lipinski definition) is 1. The first kappa shape index (κ1) is 19.2. The van der Waals surface area contributed by atoms with Crippen LogP contribution in [0, 0.1) is 5.82 Å². The van der Waals surface area contributed by atoms with Crippen LogP contribution in [0.1, 0.15) is 37.7 Å². The van der Waals surface area contributed by atoms with Crippen molar-refractivity contribution in [2.75, 3.05) is 39.3 Å². The van der Waals surface area contributed by atoms with Gasteiger partial charge >= 0.3 is 0 Å². The fourth-order valence-corrected chi connectivity index (χ4v) is 4.14. The van der Waals surface area contributed by atoms with Crippen molar-refractivity contribution in [1.82, 2.24) is 15.1 Å². The van der Waals surface area contributed by atoms with Gasteiger partial charge in [0.25, 0.3) is 5.91 Å². The molecule has 28 heavy (non-hydrogen) atoms. The minimum absolute atomic E-state index is 0.126. The maximum Gasteiger partial charge on any atom is 0.251 e. The second kappa shape index (κ2) is 8.47. The van der Waals surface area contributed by atoms with Gasteiger partial charge in [-0.2, -0.15) is 0 Å². The highest BCUT2D eigenvalue weighted by molar-refractivity contribution is 5.83. The topological polar surface area (TPSA) is 57.2 Å². The van der Waals surface area contributed by atoms with E-state index in [9.17, 15) is 9.18 Å². The molecule has 1 amide bonds. The monoisotopic (exact) mass is 388 g/mol. The smallest absolute Gasteiger partial charge is 0.251 e. The highest BCUT2D eigenvalue weighted by atomic mass is 19.1. The molecule has 3 fully saturated rings. The van der Waals surface area contributed by atoms with Gasteiger partial charge in [-0.15, -0.1) is 0 Å². The molecule has 0 radical (unpaired) electrons. The van der Waals surface area contributed by atoms with E-state index >= 15 is 0 Å². The molecule has 2 aliphatic heterocycles. The van der Waals surface area contributed by atoms with Crippen LogP contribution in [-0.2, 0) is 9.53 Å². The number of halogens is 1. The van der Waals surface area contributed by atoms with Crippen molar-refractivity contribution in [2.45, 2.75) is 44.2 Å². The Bertz CT molecular complexity index is 727. The van der Waals surface area contributed by atoms with E-state index < -0.39 is 0 Å². The normalized spacial score (nSPS) is 27.8. The average molecular weight is 388 g/mol. The van der Waals surface area contributed by atoms with Gasteiger partial charge in [0.2, 0.25) is 0 Å². The van der Waals surface area contributed by atoms with Gasteiger partial charge in [0.05, 0.1) is 0 Å². The molecule has 3 unspecified atom stereocenters. The second-order valence-corrected chi connectivity index (χ2v) is 7.73. The third-order valence-corrected chi connectivity index (χ3v) is 5.81. The molecule has 6 nitrogen and oxygen atoms in total. The molecule has 4 rings (SSSR count). The molecule has 7 heteroatoms. The number of aliphatic imine (C=N–C) groups is 1. The van der Waals surface area contributed by atoms with Gasteiger partial charge < -0.3 is 19.9 Å². The molecule has 152 valence electrons. The molecule has 0 bridgehead atoms. The highest BCUT2D eigenvalue weighted by Gasteiger charge is 2.41. The minimum atomic E-state index is -0.249. The number of nitrogens with one attached hydrogen (secondary N) is 1. The Morgan fingerprint density at radius 3 is 2.68 bits per heavy atom. The van der Waals surface area contributed by atoms with E-state index in [-0.39, 0.29) is 29.8 Å². The van der Waals surface area contributed by atoms with Crippen LogP contribution in [0.4, 0.5) is 4.39 Å². The number of hydrogen-bond acceptors (Lipinski definition) is 3. The van der Waals surface area contributed by atoms with E-state index in [0.717, 1.165) is 43.9 Å². The molecular weight excluding hydrogens is 359 g/mol. The number of carbonyl (C=O) groups excluding carboxylic acids is 1. The van der Waals surface area contributed by atoms with E-state index in [2.05, 4.69) is 15.2 Å². The van der Waals surface area contributed by atoms with E-state index in [1.165, 1.54) is 6.07 Å². The first-order chi connectivity index (χ1) is 13.7. The molecule has 1 aromatic rings. The van der Waals surface area contributed by atoms with Crippen LogP contribution in [0.5, 0.6) is 0 Å². The standard InChI is InChI=1S/C21H29FN4O2/c1-2-23-21(24-18-14-16(18)15-6-3-4-7-17(15)22)26-11-9-25(10-12-26)20(27)19-8-5-13-28-19/h3-4,6-7,16,18-19H,2,5,8-14H2,1H3,(H,23,24). The van der Waals surface area contributed by atoms with Gasteiger partial charge in [-0.05, 0) is 37.8 Å². The molecule has 1 N–H and O–H groups in total. The summed E-state index contributed by atoms with van der Waals surface area (Å²) in [6.45, 7) is 6.27. The zero-order chi connectivity index (χ0) is 19.5. The zero-order valence-corrected chi connectivity index (χ0v) is 16.4. The third-order valence-electron chi connectivity index (χ3n) is 5.81. The molecule has 1 saturated carbocycles. The van der Waals surface area contributed by atoms with Gasteiger partial charge in [0.1, 0.15) is 11.9 Å². The SMILES string of the molecule is CCN=C(NC1CC1c1ccccc1F)N1CCN(C(=O)C2CCCO2)CC1. The van der Waals surface area contributed by atoms with E-state index in [1.54, 1.807) is 6.07 Å². The van der Waals surface area contributed by atoms with Gasteiger partial charge in [-0.3, -0.25) is 9.79 Å². The fraction of sp³-hybridized carbons (Fsp3) is 0.619. The second-order valence-electron chi connectivity index (χ2n) is 7.73. The first-order valence-corrected chi connectivity index (χ1v) is 10.4. The predicted molar refractivity (Wildman–Crippen MR) is 106 cm³/mol. The van der Waals surface area contributed by atoms with Gasteiger partial charge in [-0.1, -0.05) is 18.2 Å². The first-order valence-electron chi connectivity index (χ1n) is 10.4. The van der Waals surface area contributed by atoms with Crippen LogP contribution < -0.4 is 5.32 Å².